The van der Waals surface area contributed by atoms with E-state index in [1.807, 2.05) is 43.3 Å². The summed E-state index contributed by atoms with van der Waals surface area (Å²) in [5, 5.41) is 7.00. The molecule has 0 radical (unpaired) electrons. The average Bonchev–Trinajstić information content (AvgIpc) is 3.23. The highest BCUT2D eigenvalue weighted by molar-refractivity contribution is 7.05. The lowest BCUT2D eigenvalue weighted by Gasteiger charge is -2.23. The number of nitrogens with one attached hydrogen (secondary N) is 1. The summed E-state index contributed by atoms with van der Waals surface area (Å²) in [6, 6.07) is 11.6. The van der Waals surface area contributed by atoms with Crippen molar-refractivity contribution in [3.05, 3.63) is 58.7 Å². The second kappa shape index (κ2) is 11.7. The summed E-state index contributed by atoms with van der Waals surface area (Å²) in [5.74, 6) is 1.87. The number of hydrogen-bond acceptors (Lipinski definition) is 8. The highest BCUT2D eigenvalue weighted by atomic mass is 32.1. The van der Waals surface area contributed by atoms with Crippen LogP contribution in [0.5, 0.6) is 17.4 Å². The minimum atomic E-state index is -0.0194. The highest BCUT2D eigenvalue weighted by Gasteiger charge is 2.17. The van der Waals surface area contributed by atoms with Crippen molar-refractivity contribution < 1.29 is 14.3 Å². The molecule has 8 nitrogen and oxygen atoms in total. The molecule has 2 aromatic heterocycles. The number of fused-ring (bicyclic) bond motifs is 2. The summed E-state index contributed by atoms with van der Waals surface area (Å²) in [5.41, 5.74) is 1.79. The molecule has 9 heteroatoms. The molecule has 1 aliphatic heterocycles. The van der Waals surface area contributed by atoms with Gasteiger partial charge in [0, 0.05) is 18.3 Å². The fourth-order valence-corrected chi connectivity index (χ4v) is 4.24. The van der Waals surface area contributed by atoms with Crippen LogP contribution in [0, 0.1) is 6.92 Å². The van der Waals surface area contributed by atoms with Gasteiger partial charge in [0.1, 0.15) is 0 Å². The first-order valence-corrected chi connectivity index (χ1v) is 12.1. The number of benzene rings is 1. The van der Waals surface area contributed by atoms with Gasteiger partial charge in [0.15, 0.2) is 11.5 Å². The Bertz CT molecular complexity index is 1060. The van der Waals surface area contributed by atoms with Crippen molar-refractivity contribution in [2.24, 2.45) is 0 Å². The minimum absolute atomic E-state index is 0.0194. The third kappa shape index (κ3) is 6.72. The maximum Gasteiger partial charge on any atom is 0.234 e. The summed E-state index contributed by atoms with van der Waals surface area (Å²) in [6.07, 6.45) is 5.88. The minimum Gasteiger partial charge on any atom is -0.490 e. The molecule has 33 heavy (non-hydrogen) atoms. The summed E-state index contributed by atoms with van der Waals surface area (Å²) >= 11 is 1.32. The maximum atomic E-state index is 12.7. The zero-order valence-corrected chi connectivity index (χ0v) is 19.6. The lowest BCUT2D eigenvalue weighted by Crippen LogP contribution is -2.37. The molecule has 0 aliphatic carbocycles. The van der Waals surface area contributed by atoms with Crippen LogP contribution in [0.15, 0.2) is 42.6 Å². The van der Waals surface area contributed by atoms with Crippen LogP contribution in [0.4, 0.5) is 0 Å². The molecule has 1 aliphatic rings. The summed E-state index contributed by atoms with van der Waals surface area (Å²) in [6.45, 7) is 4.70. The second-order valence-electron chi connectivity index (χ2n) is 8.05. The van der Waals surface area contributed by atoms with Gasteiger partial charge in [-0.05, 0) is 56.0 Å². The van der Waals surface area contributed by atoms with Crippen LogP contribution in [0.3, 0.4) is 0 Å². The van der Waals surface area contributed by atoms with Gasteiger partial charge in [-0.25, -0.2) is 4.98 Å². The number of nitrogens with zero attached hydrogens (tertiary/aromatic N) is 4. The van der Waals surface area contributed by atoms with E-state index in [2.05, 4.69) is 24.8 Å². The normalized spacial score (nSPS) is 15.3. The molecule has 0 saturated heterocycles. The summed E-state index contributed by atoms with van der Waals surface area (Å²) in [7, 11) is 0. The number of carbonyl (C=O) groups excluding carboxylic acids is 1. The number of ether oxygens (including phenoxy) is 2. The zero-order chi connectivity index (χ0) is 22.9. The van der Waals surface area contributed by atoms with Crippen molar-refractivity contribution in [3.63, 3.8) is 0 Å². The van der Waals surface area contributed by atoms with Gasteiger partial charge in [-0.1, -0.05) is 35.5 Å². The average molecular weight is 468 g/mol. The van der Waals surface area contributed by atoms with Gasteiger partial charge in [0.2, 0.25) is 11.8 Å². The van der Waals surface area contributed by atoms with Crippen LogP contribution in [-0.2, 0) is 17.9 Å². The van der Waals surface area contributed by atoms with Gasteiger partial charge in [0.25, 0.3) is 0 Å². The smallest absolute Gasteiger partial charge is 0.234 e. The molecule has 1 amide bonds. The molecule has 1 N–H and O–H groups in total. The van der Waals surface area contributed by atoms with Crippen LogP contribution in [-0.4, -0.2) is 45.1 Å². The van der Waals surface area contributed by atoms with E-state index in [0.717, 1.165) is 54.1 Å². The molecule has 0 fully saturated rings. The summed E-state index contributed by atoms with van der Waals surface area (Å²) < 4.78 is 16.1. The molecular formula is C24H29N5O3S. The Kier molecular flexibility index (Phi) is 8.21. The lowest BCUT2D eigenvalue weighted by atomic mass is 10.1. The Balaban J connectivity index is 1.48. The number of para-hydroxylation sites is 2. The third-order valence-electron chi connectivity index (χ3n) is 5.48. The fourth-order valence-electron chi connectivity index (χ4n) is 3.67. The number of hydrogen-bond donors (Lipinski definition) is 1. The van der Waals surface area contributed by atoms with Crippen molar-refractivity contribution in [2.45, 2.75) is 45.7 Å². The SMILES string of the molecule is Cc1nnsc1CNC(=O)CN1CCCCCCOc2ccccc2Oc2ncccc2C1. The Morgan fingerprint density at radius 2 is 1.97 bits per heavy atom. The molecule has 0 atom stereocenters. The lowest BCUT2D eigenvalue weighted by molar-refractivity contribution is -0.122. The van der Waals surface area contributed by atoms with E-state index in [0.29, 0.717) is 37.9 Å². The van der Waals surface area contributed by atoms with Gasteiger partial charge >= 0.3 is 0 Å². The molecule has 174 valence electrons. The van der Waals surface area contributed by atoms with Crippen molar-refractivity contribution in [1.29, 1.82) is 0 Å². The van der Waals surface area contributed by atoms with Crippen LogP contribution in [0.25, 0.3) is 0 Å². The van der Waals surface area contributed by atoms with E-state index in [4.69, 9.17) is 9.47 Å². The quantitative estimate of drug-likeness (QED) is 0.618. The first-order valence-electron chi connectivity index (χ1n) is 11.3. The molecule has 0 bridgehead atoms. The summed E-state index contributed by atoms with van der Waals surface area (Å²) in [4.78, 5) is 20.3. The molecule has 1 aromatic carbocycles. The van der Waals surface area contributed by atoms with Crippen LogP contribution >= 0.6 is 11.5 Å². The maximum absolute atomic E-state index is 12.7. The number of aromatic nitrogens is 3. The monoisotopic (exact) mass is 467 g/mol. The van der Waals surface area contributed by atoms with Gasteiger partial charge in [-0.3, -0.25) is 9.69 Å². The Morgan fingerprint density at radius 1 is 1.12 bits per heavy atom. The van der Waals surface area contributed by atoms with E-state index in [-0.39, 0.29) is 5.91 Å². The number of rotatable bonds is 4. The van der Waals surface area contributed by atoms with E-state index in [9.17, 15) is 4.79 Å². The Hall–Kier alpha value is -3.04. The van der Waals surface area contributed by atoms with Crippen LogP contribution < -0.4 is 14.8 Å². The van der Waals surface area contributed by atoms with Crippen molar-refractivity contribution >= 4 is 17.4 Å². The number of carbonyl (C=O) groups is 1. The predicted octanol–water partition coefficient (Wildman–Crippen LogP) is 4.11. The van der Waals surface area contributed by atoms with Crippen molar-refractivity contribution in [1.82, 2.24) is 24.8 Å². The predicted molar refractivity (Wildman–Crippen MR) is 126 cm³/mol. The van der Waals surface area contributed by atoms with E-state index >= 15 is 0 Å². The Labute approximate surface area is 198 Å². The standard InChI is InChI=1S/C24H29N5O3S/c1-18-22(33-28-27-18)15-26-23(30)17-29-13-6-2-3-7-14-31-20-10-4-5-11-21(20)32-24-19(16-29)9-8-12-25-24/h4-5,8-12H,2-3,6-7,13-17H2,1H3,(H,26,30). The second-order valence-corrected chi connectivity index (χ2v) is 8.89. The van der Waals surface area contributed by atoms with Gasteiger partial charge in [-0.2, -0.15) is 0 Å². The molecule has 3 heterocycles. The molecule has 3 aromatic rings. The van der Waals surface area contributed by atoms with E-state index in [1.54, 1.807) is 6.20 Å². The van der Waals surface area contributed by atoms with Gasteiger partial charge in [-0.15, -0.1) is 5.10 Å². The number of pyridine rings is 1. The third-order valence-corrected chi connectivity index (χ3v) is 6.31. The van der Waals surface area contributed by atoms with Crippen molar-refractivity contribution in [2.75, 3.05) is 19.7 Å². The van der Waals surface area contributed by atoms with Crippen molar-refractivity contribution in [3.8, 4) is 17.4 Å². The molecular weight excluding hydrogens is 438 g/mol. The topological polar surface area (TPSA) is 89.5 Å². The Morgan fingerprint density at radius 3 is 2.82 bits per heavy atom. The van der Waals surface area contributed by atoms with Crippen LogP contribution in [0.2, 0.25) is 0 Å². The molecule has 0 saturated carbocycles. The largest absolute Gasteiger partial charge is 0.490 e. The van der Waals surface area contributed by atoms with E-state index < -0.39 is 0 Å². The highest BCUT2D eigenvalue weighted by Crippen LogP contribution is 2.32. The molecule has 0 unspecified atom stereocenters. The number of amides is 1. The molecule has 0 spiro atoms. The fraction of sp³-hybridized carbons (Fsp3) is 0.417. The first kappa shape index (κ1) is 23.1. The first-order chi connectivity index (χ1) is 16.2. The zero-order valence-electron chi connectivity index (χ0n) is 18.8. The van der Waals surface area contributed by atoms with E-state index in [1.165, 1.54) is 11.5 Å². The number of aryl methyl sites for hydroxylation is 1. The van der Waals surface area contributed by atoms with Gasteiger partial charge in [0.05, 0.1) is 30.3 Å². The van der Waals surface area contributed by atoms with Crippen LogP contribution in [0.1, 0.15) is 41.8 Å². The van der Waals surface area contributed by atoms with Gasteiger partial charge < -0.3 is 14.8 Å². The molecule has 4 rings (SSSR count).